The number of thiophene rings is 1. The van der Waals surface area contributed by atoms with Gasteiger partial charge in [0, 0.05) is 24.5 Å². The van der Waals surface area contributed by atoms with E-state index in [4.69, 9.17) is 5.73 Å². The summed E-state index contributed by atoms with van der Waals surface area (Å²) >= 11 is 1.83. The summed E-state index contributed by atoms with van der Waals surface area (Å²) in [6.45, 7) is 2.79. The molecule has 0 atom stereocenters. The first-order valence-corrected chi connectivity index (χ1v) is 6.92. The van der Waals surface area contributed by atoms with E-state index in [1.165, 1.54) is 10.4 Å². The SMILES string of the molecule is Nc1ccc(CN2CCc3sccc3C2)cc1F. The van der Waals surface area contributed by atoms with Crippen LogP contribution in [0.5, 0.6) is 0 Å². The third-order valence-corrected chi connectivity index (χ3v) is 4.38. The topological polar surface area (TPSA) is 29.3 Å². The van der Waals surface area contributed by atoms with Gasteiger partial charge in [0.1, 0.15) is 5.82 Å². The molecule has 0 aliphatic carbocycles. The molecule has 0 fully saturated rings. The first-order valence-electron chi connectivity index (χ1n) is 6.04. The quantitative estimate of drug-likeness (QED) is 0.843. The second-order valence-corrected chi connectivity index (χ2v) is 5.69. The van der Waals surface area contributed by atoms with Gasteiger partial charge in [-0.2, -0.15) is 0 Å². The highest BCUT2D eigenvalue weighted by molar-refractivity contribution is 7.10. The van der Waals surface area contributed by atoms with Crippen LogP contribution >= 0.6 is 11.3 Å². The molecule has 2 N–H and O–H groups in total. The van der Waals surface area contributed by atoms with Crippen molar-refractivity contribution in [3.8, 4) is 0 Å². The average Bonchev–Trinajstić information content (AvgIpc) is 2.81. The maximum atomic E-state index is 13.4. The number of fused-ring (bicyclic) bond motifs is 1. The van der Waals surface area contributed by atoms with Crippen LogP contribution in [-0.4, -0.2) is 11.4 Å². The van der Waals surface area contributed by atoms with E-state index < -0.39 is 0 Å². The molecule has 0 spiro atoms. The Morgan fingerprint density at radius 3 is 3.06 bits per heavy atom. The molecule has 0 unspecified atom stereocenters. The number of nitrogens with zero attached hydrogens (tertiary/aromatic N) is 1. The molecule has 0 radical (unpaired) electrons. The minimum Gasteiger partial charge on any atom is -0.396 e. The van der Waals surface area contributed by atoms with Crippen molar-refractivity contribution < 1.29 is 4.39 Å². The van der Waals surface area contributed by atoms with Crippen molar-refractivity contribution in [1.82, 2.24) is 4.90 Å². The molecule has 2 heterocycles. The molecular formula is C14H15FN2S. The van der Waals surface area contributed by atoms with Gasteiger partial charge in [0.15, 0.2) is 0 Å². The fraction of sp³-hybridized carbons (Fsp3) is 0.286. The number of nitrogens with two attached hydrogens (primary N) is 1. The van der Waals surface area contributed by atoms with E-state index in [-0.39, 0.29) is 11.5 Å². The van der Waals surface area contributed by atoms with Gasteiger partial charge in [0.2, 0.25) is 0 Å². The van der Waals surface area contributed by atoms with E-state index in [1.807, 2.05) is 17.4 Å². The van der Waals surface area contributed by atoms with Crippen molar-refractivity contribution in [3.63, 3.8) is 0 Å². The average molecular weight is 262 g/mol. The highest BCUT2D eigenvalue weighted by Crippen LogP contribution is 2.25. The van der Waals surface area contributed by atoms with E-state index in [0.29, 0.717) is 0 Å². The fourth-order valence-electron chi connectivity index (χ4n) is 2.37. The lowest BCUT2D eigenvalue weighted by Crippen LogP contribution is -2.29. The van der Waals surface area contributed by atoms with Gasteiger partial charge in [0.25, 0.3) is 0 Å². The summed E-state index contributed by atoms with van der Waals surface area (Å²) in [5.74, 6) is -0.319. The standard InChI is InChI=1S/C14H15FN2S/c15-12-7-10(1-2-13(12)16)8-17-5-3-14-11(9-17)4-6-18-14/h1-2,4,6-7H,3,5,8-9,16H2. The third-order valence-electron chi connectivity index (χ3n) is 3.36. The Balaban J connectivity index is 1.72. The van der Waals surface area contributed by atoms with Crippen LogP contribution in [0, 0.1) is 5.82 Å². The lowest BCUT2D eigenvalue weighted by molar-refractivity contribution is 0.247. The van der Waals surface area contributed by atoms with Crippen LogP contribution in [0.3, 0.4) is 0 Å². The van der Waals surface area contributed by atoms with Crippen LogP contribution in [0.1, 0.15) is 16.0 Å². The molecule has 0 saturated carbocycles. The maximum absolute atomic E-state index is 13.4. The Morgan fingerprint density at radius 2 is 2.22 bits per heavy atom. The highest BCUT2D eigenvalue weighted by atomic mass is 32.1. The van der Waals surface area contributed by atoms with Crippen LogP contribution in [0.15, 0.2) is 29.6 Å². The molecule has 4 heteroatoms. The maximum Gasteiger partial charge on any atom is 0.146 e. The summed E-state index contributed by atoms with van der Waals surface area (Å²) in [7, 11) is 0. The zero-order chi connectivity index (χ0) is 12.5. The van der Waals surface area contributed by atoms with Gasteiger partial charge in [-0.3, -0.25) is 4.90 Å². The number of nitrogen functional groups attached to an aromatic ring is 1. The molecule has 2 nitrogen and oxygen atoms in total. The fourth-order valence-corrected chi connectivity index (χ4v) is 3.26. The van der Waals surface area contributed by atoms with E-state index in [1.54, 1.807) is 12.1 Å². The van der Waals surface area contributed by atoms with Gasteiger partial charge >= 0.3 is 0 Å². The lowest BCUT2D eigenvalue weighted by Gasteiger charge is -2.26. The normalized spacial score (nSPS) is 15.6. The smallest absolute Gasteiger partial charge is 0.146 e. The summed E-state index contributed by atoms with van der Waals surface area (Å²) in [6, 6.07) is 7.28. The van der Waals surface area contributed by atoms with Gasteiger partial charge in [-0.15, -0.1) is 11.3 Å². The number of hydrogen-bond donors (Lipinski definition) is 1. The summed E-state index contributed by atoms with van der Waals surface area (Å²) in [4.78, 5) is 3.84. The Morgan fingerprint density at radius 1 is 1.33 bits per heavy atom. The number of anilines is 1. The minimum atomic E-state index is -0.319. The molecule has 94 valence electrons. The molecule has 2 aromatic rings. The van der Waals surface area contributed by atoms with Gasteiger partial charge < -0.3 is 5.73 Å². The monoisotopic (exact) mass is 262 g/mol. The van der Waals surface area contributed by atoms with Gasteiger partial charge in [-0.25, -0.2) is 4.39 Å². The minimum absolute atomic E-state index is 0.220. The molecule has 1 aromatic carbocycles. The summed E-state index contributed by atoms with van der Waals surface area (Å²) < 4.78 is 13.4. The van der Waals surface area contributed by atoms with Gasteiger partial charge in [-0.05, 0) is 41.1 Å². The van der Waals surface area contributed by atoms with E-state index in [9.17, 15) is 4.39 Å². The van der Waals surface area contributed by atoms with Crippen LogP contribution in [0.2, 0.25) is 0 Å². The molecular weight excluding hydrogens is 247 g/mol. The molecule has 0 bridgehead atoms. The van der Waals surface area contributed by atoms with Crippen LogP contribution < -0.4 is 5.73 Å². The molecule has 1 aliphatic heterocycles. The molecule has 0 amide bonds. The van der Waals surface area contributed by atoms with Crippen molar-refractivity contribution in [2.45, 2.75) is 19.5 Å². The summed E-state index contributed by atoms with van der Waals surface area (Å²) in [5, 5.41) is 2.15. The Kier molecular flexibility index (Phi) is 3.06. The number of rotatable bonds is 2. The molecule has 0 saturated heterocycles. The Bertz CT molecular complexity index is 565. The van der Waals surface area contributed by atoms with E-state index >= 15 is 0 Å². The number of halogens is 1. The van der Waals surface area contributed by atoms with Crippen LogP contribution in [0.4, 0.5) is 10.1 Å². The second kappa shape index (κ2) is 4.71. The molecule has 18 heavy (non-hydrogen) atoms. The van der Waals surface area contributed by atoms with Crippen molar-refractivity contribution in [3.05, 3.63) is 51.5 Å². The molecule has 1 aromatic heterocycles. The first kappa shape index (κ1) is 11.7. The second-order valence-electron chi connectivity index (χ2n) is 4.69. The van der Waals surface area contributed by atoms with Crippen molar-refractivity contribution in [1.29, 1.82) is 0 Å². The lowest BCUT2D eigenvalue weighted by atomic mass is 10.1. The Hall–Kier alpha value is -1.39. The third kappa shape index (κ3) is 2.26. The zero-order valence-corrected chi connectivity index (χ0v) is 10.8. The van der Waals surface area contributed by atoms with Gasteiger partial charge in [0.05, 0.1) is 5.69 Å². The molecule has 3 rings (SSSR count). The predicted molar refractivity (Wildman–Crippen MR) is 72.9 cm³/mol. The van der Waals surface area contributed by atoms with Crippen molar-refractivity contribution in [2.75, 3.05) is 12.3 Å². The zero-order valence-electron chi connectivity index (χ0n) is 10.0. The van der Waals surface area contributed by atoms with E-state index in [0.717, 1.165) is 31.6 Å². The highest BCUT2D eigenvalue weighted by Gasteiger charge is 2.17. The number of hydrogen-bond acceptors (Lipinski definition) is 3. The summed E-state index contributed by atoms with van der Waals surface area (Å²) in [6.07, 6.45) is 1.10. The predicted octanol–water partition coefficient (Wildman–Crippen LogP) is 3.03. The largest absolute Gasteiger partial charge is 0.396 e. The van der Waals surface area contributed by atoms with Crippen LogP contribution in [-0.2, 0) is 19.5 Å². The van der Waals surface area contributed by atoms with E-state index in [2.05, 4.69) is 16.3 Å². The number of benzene rings is 1. The Labute approximate surface area is 110 Å². The van der Waals surface area contributed by atoms with Gasteiger partial charge in [-0.1, -0.05) is 6.07 Å². The first-order chi connectivity index (χ1) is 8.72. The van der Waals surface area contributed by atoms with Crippen LogP contribution in [0.25, 0.3) is 0 Å². The van der Waals surface area contributed by atoms with Crippen molar-refractivity contribution in [2.24, 2.45) is 0 Å². The summed E-state index contributed by atoms with van der Waals surface area (Å²) in [5.41, 5.74) is 8.11. The molecule has 1 aliphatic rings. The van der Waals surface area contributed by atoms with Crippen molar-refractivity contribution >= 4 is 17.0 Å².